The molecule has 5 heterocycles. The Labute approximate surface area is 385 Å². The van der Waals surface area contributed by atoms with Crippen molar-refractivity contribution >= 4 is 34.5 Å². The largest absolute Gasteiger partial charge is 0.497 e. The number of aliphatic hydroxyl groups is 3. The number of carbonyl (C=O) groups is 2. The standard InChI is InChI=1S/C45H57N13O9/c1-24(2)32(34(61)40-52-53-44(67-40)45(3,4)5)58(41(36(47)63)56-37(26-12-10-9-11-13-26)48-20-28(46)42(56)64)57(30(60)19-16-25-14-17-27(65-8)18-15-25)33-29(21-59)66-43(35(33)62)55-23-51-31-38(54(6)7)49-22-50-39(31)55/h9-15,17-18,20,22-24,29,32-35,41,43,59,61-62H,16,19,21,46H2,1-8H3,(H2,47,63). The van der Waals surface area contributed by atoms with E-state index in [9.17, 15) is 24.9 Å². The molecule has 0 bridgehead atoms. The third-order valence-electron chi connectivity index (χ3n) is 11.6. The number of nitrogens with two attached hydrogens (primary N) is 2. The van der Waals surface area contributed by atoms with Crippen LogP contribution in [0.1, 0.15) is 76.9 Å². The van der Waals surface area contributed by atoms with E-state index in [1.807, 2.05) is 20.8 Å². The lowest BCUT2D eigenvalue weighted by molar-refractivity contribution is -0.205. The molecule has 1 saturated heterocycles. The van der Waals surface area contributed by atoms with Crippen LogP contribution in [0.4, 0.5) is 11.5 Å². The van der Waals surface area contributed by atoms with E-state index >= 15 is 4.79 Å². The molecule has 7 atom stereocenters. The summed E-state index contributed by atoms with van der Waals surface area (Å²) in [5.74, 6) is -1.83. The molecule has 4 aromatic heterocycles. The number of aliphatic hydroxyl groups excluding tert-OH is 3. The van der Waals surface area contributed by atoms with E-state index in [1.165, 1.54) is 24.3 Å². The van der Waals surface area contributed by atoms with Crippen LogP contribution in [0, 0.1) is 5.92 Å². The lowest BCUT2D eigenvalue weighted by atomic mass is 9.95. The molecule has 1 aliphatic heterocycles. The Kier molecular flexibility index (Phi) is 14.0. The number of methoxy groups -OCH3 is 1. The summed E-state index contributed by atoms with van der Waals surface area (Å²) >= 11 is 0. The van der Waals surface area contributed by atoms with Crippen molar-refractivity contribution in [2.24, 2.45) is 11.7 Å². The normalized spacial score (nSPS) is 18.9. The zero-order valence-electron chi connectivity index (χ0n) is 38.5. The monoisotopic (exact) mass is 923 g/mol. The van der Waals surface area contributed by atoms with Gasteiger partial charge in [-0.1, -0.05) is 77.1 Å². The molecule has 1 aliphatic rings. The molecule has 7 rings (SSSR count). The Morgan fingerprint density at radius 2 is 1.70 bits per heavy atom. The molecule has 22 heteroatoms. The molecule has 1 fully saturated rings. The van der Waals surface area contributed by atoms with E-state index in [2.05, 4.69) is 30.1 Å². The first-order valence-electron chi connectivity index (χ1n) is 21.6. The van der Waals surface area contributed by atoms with Gasteiger partial charge in [0.25, 0.3) is 11.5 Å². The fraction of sp³-hybridized carbons (Fsp3) is 0.444. The molecule has 6 aromatic rings. The van der Waals surface area contributed by atoms with E-state index in [-0.39, 0.29) is 41.8 Å². The Hall–Kier alpha value is -6.85. The second-order valence-electron chi connectivity index (χ2n) is 17.8. The number of fused-ring (bicyclic) bond motifs is 1. The second kappa shape index (κ2) is 19.5. The fourth-order valence-corrected chi connectivity index (χ4v) is 8.30. The number of carbonyl (C=O) groups excluding carboxylic acids is 2. The number of aryl methyl sites for hydroxylation is 1. The highest BCUT2D eigenvalue weighted by atomic mass is 16.5. The van der Waals surface area contributed by atoms with Crippen LogP contribution >= 0.6 is 0 Å². The zero-order chi connectivity index (χ0) is 48.5. The highest BCUT2D eigenvalue weighted by molar-refractivity contribution is 5.83. The number of nitrogen functional groups attached to an aromatic ring is 1. The lowest BCUT2D eigenvalue weighted by Gasteiger charge is -2.49. The summed E-state index contributed by atoms with van der Waals surface area (Å²) < 4.78 is 20.3. The smallest absolute Gasteiger partial charge is 0.278 e. The van der Waals surface area contributed by atoms with Gasteiger partial charge in [-0.2, -0.15) is 5.01 Å². The van der Waals surface area contributed by atoms with Gasteiger partial charge in [-0.3, -0.25) is 28.5 Å². The molecule has 22 nitrogen and oxygen atoms in total. The molecule has 2 aromatic carbocycles. The molecule has 0 saturated carbocycles. The third kappa shape index (κ3) is 9.43. The predicted octanol–water partition coefficient (Wildman–Crippen LogP) is 2.13. The number of nitrogens with zero attached hydrogens (tertiary/aromatic N) is 11. The summed E-state index contributed by atoms with van der Waals surface area (Å²) in [4.78, 5) is 64.4. The van der Waals surface area contributed by atoms with Gasteiger partial charge in [0.1, 0.15) is 47.9 Å². The highest BCUT2D eigenvalue weighted by Gasteiger charge is 2.55. The van der Waals surface area contributed by atoms with E-state index in [4.69, 9.17) is 25.4 Å². The lowest BCUT2D eigenvalue weighted by Crippen LogP contribution is -2.67. The van der Waals surface area contributed by atoms with Gasteiger partial charge in [0, 0.05) is 31.5 Å². The molecule has 67 heavy (non-hydrogen) atoms. The van der Waals surface area contributed by atoms with Crippen LogP contribution < -0.4 is 26.7 Å². The van der Waals surface area contributed by atoms with Crippen LogP contribution in [0.2, 0.25) is 0 Å². The van der Waals surface area contributed by atoms with E-state index in [0.717, 1.165) is 26.3 Å². The summed E-state index contributed by atoms with van der Waals surface area (Å²) in [7, 11) is 5.09. The second-order valence-corrected chi connectivity index (χ2v) is 17.8. The van der Waals surface area contributed by atoms with Crippen molar-refractivity contribution in [3.05, 3.63) is 101 Å². The summed E-state index contributed by atoms with van der Waals surface area (Å²) in [6, 6.07) is 12.4. The Balaban J connectivity index is 1.50. The molecule has 356 valence electrons. The minimum atomic E-state index is -2.05. The average Bonchev–Trinajstić information content (AvgIpc) is 4.05. The third-order valence-corrected chi connectivity index (χ3v) is 11.6. The summed E-state index contributed by atoms with van der Waals surface area (Å²) in [6.07, 6.45) is -4.69. The number of benzene rings is 2. The molecule has 2 amide bonds. The predicted molar refractivity (Wildman–Crippen MR) is 244 cm³/mol. The number of anilines is 2. The number of aromatic nitrogens is 8. The van der Waals surface area contributed by atoms with E-state index in [1.54, 1.807) is 87.4 Å². The van der Waals surface area contributed by atoms with Crippen molar-refractivity contribution in [1.29, 1.82) is 0 Å². The van der Waals surface area contributed by atoms with Gasteiger partial charge in [0.05, 0.1) is 32.3 Å². The molecule has 0 aliphatic carbocycles. The van der Waals surface area contributed by atoms with Gasteiger partial charge in [-0.15, -0.1) is 10.2 Å². The van der Waals surface area contributed by atoms with Crippen LogP contribution in [-0.4, -0.2) is 129 Å². The first-order valence-corrected chi connectivity index (χ1v) is 21.6. The van der Waals surface area contributed by atoms with Crippen LogP contribution in [0.3, 0.4) is 0 Å². The number of rotatable bonds is 17. The van der Waals surface area contributed by atoms with Crippen molar-refractivity contribution in [2.75, 3.05) is 38.4 Å². The van der Waals surface area contributed by atoms with Crippen molar-refractivity contribution in [2.45, 2.75) is 95.7 Å². The highest BCUT2D eigenvalue weighted by Crippen LogP contribution is 2.41. The minimum absolute atomic E-state index is 0.0786. The number of amides is 2. The van der Waals surface area contributed by atoms with Crippen molar-refractivity contribution in [3.63, 3.8) is 0 Å². The van der Waals surface area contributed by atoms with E-state index < -0.39 is 78.1 Å². The van der Waals surface area contributed by atoms with Gasteiger partial charge in [0.2, 0.25) is 17.7 Å². The fourth-order valence-electron chi connectivity index (χ4n) is 8.30. The Morgan fingerprint density at radius 3 is 2.30 bits per heavy atom. The molecular weight excluding hydrogens is 867 g/mol. The maximum atomic E-state index is 15.6. The number of imidazole rings is 1. The summed E-state index contributed by atoms with van der Waals surface area (Å²) in [6.45, 7) is 8.14. The minimum Gasteiger partial charge on any atom is -0.497 e. The first-order chi connectivity index (χ1) is 31.9. The number of hydrazine groups is 1. The molecule has 0 radical (unpaired) electrons. The van der Waals surface area contributed by atoms with Crippen LogP contribution in [0.25, 0.3) is 22.6 Å². The van der Waals surface area contributed by atoms with Gasteiger partial charge in [0.15, 0.2) is 29.4 Å². The molecule has 0 spiro atoms. The quantitative estimate of drug-likeness (QED) is 0.0819. The van der Waals surface area contributed by atoms with Gasteiger partial charge >= 0.3 is 0 Å². The Bertz CT molecular complexity index is 2740. The number of primary amides is 1. The number of ether oxygens (including phenoxy) is 2. The SMILES string of the molecule is COc1ccc(CCC(=O)N(C2C(CO)OC(n3cnc4c(N(C)C)ncnc43)C2O)N(C(C(C)C)C(O)c2nnc(C(C)(C)C)o2)C(C(N)=O)n2c(-c3ccccc3)ncc(N)c2=O)cc1. The molecule has 7 unspecified atom stereocenters. The van der Waals surface area contributed by atoms with E-state index in [0.29, 0.717) is 22.6 Å². The van der Waals surface area contributed by atoms with Crippen LogP contribution in [0.15, 0.2) is 82.7 Å². The first kappa shape index (κ1) is 48.1. The average molecular weight is 924 g/mol. The Morgan fingerprint density at radius 1 is 1.00 bits per heavy atom. The van der Waals surface area contributed by atoms with Crippen molar-refractivity contribution in [1.82, 2.24) is 49.3 Å². The summed E-state index contributed by atoms with van der Waals surface area (Å²) in [5, 5.41) is 47.2. The number of hydrogen-bond donors (Lipinski definition) is 5. The molecular formula is C45H57N13O9. The topological polar surface area (TPSA) is 292 Å². The molecule has 7 N–H and O–H groups in total. The van der Waals surface area contributed by atoms with Crippen molar-refractivity contribution in [3.8, 4) is 17.1 Å². The van der Waals surface area contributed by atoms with Crippen molar-refractivity contribution < 1.29 is 38.8 Å². The maximum Gasteiger partial charge on any atom is 0.278 e. The zero-order valence-corrected chi connectivity index (χ0v) is 38.5. The number of hydrogen-bond acceptors (Lipinski definition) is 18. The van der Waals surface area contributed by atoms with Crippen LogP contribution in [0.5, 0.6) is 5.75 Å². The maximum absolute atomic E-state index is 15.6. The van der Waals surface area contributed by atoms with Gasteiger partial charge in [-0.05, 0) is 30.0 Å². The van der Waals surface area contributed by atoms with Gasteiger partial charge < -0.3 is 45.6 Å². The summed E-state index contributed by atoms with van der Waals surface area (Å²) in [5.41, 5.74) is 12.5. The van der Waals surface area contributed by atoms with Gasteiger partial charge in [-0.25, -0.2) is 19.9 Å². The van der Waals surface area contributed by atoms with Crippen LogP contribution in [-0.2, 0) is 26.2 Å².